The number of nitrogens with two attached hydrogens (primary N) is 1. The van der Waals surface area contributed by atoms with Crippen molar-refractivity contribution in [1.29, 1.82) is 0 Å². The zero-order chi connectivity index (χ0) is 24.5. The van der Waals surface area contributed by atoms with Crippen LogP contribution in [0.15, 0.2) is 67.0 Å². The molecule has 0 saturated heterocycles. The highest BCUT2D eigenvalue weighted by Crippen LogP contribution is 2.41. The summed E-state index contributed by atoms with van der Waals surface area (Å²) in [6, 6.07) is 17.5. The maximum absolute atomic E-state index is 6.24. The van der Waals surface area contributed by atoms with E-state index < -0.39 is 0 Å². The number of aromatic nitrogens is 4. The molecule has 0 radical (unpaired) electrons. The number of ether oxygens (including phenoxy) is 3. The smallest absolute Gasteiger partial charge is 0.220 e. The molecule has 5 aromatic rings. The van der Waals surface area contributed by atoms with Crippen LogP contribution in [0.4, 0.5) is 5.95 Å². The summed E-state index contributed by atoms with van der Waals surface area (Å²) in [7, 11) is 1.67. The first-order chi connectivity index (χ1) is 17.7. The molecule has 2 aromatic carbocycles. The molecule has 8 nitrogen and oxygen atoms in total. The van der Waals surface area contributed by atoms with Crippen molar-refractivity contribution in [2.45, 2.75) is 18.9 Å². The number of thiazole rings is 1. The molecule has 0 bridgehead atoms. The largest absolute Gasteiger partial charge is 0.497 e. The van der Waals surface area contributed by atoms with Gasteiger partial charge in [0.2, 0.25) is 5.95 Å². The van der Waals surface area contributed by atoms with Crippen LogP contribution in [-0.4, -0.2) is 33.7 Å². The molecule has 9 heteroatoms. The maximum Gasteiger partial charge on any atom is 0.220 e. The summed E-state index contributed by atoms with van der Waals surface area (Å²) in [5.74, 6) is 2.75. The van der Waals surface area contributed by atoms with Crippen molar-refractivity contribution in [3.63, 3.8) is 0 Å². The lowest BCUT2D eigenvalue weighted by Gasteiger charge is -2.24. The molecule has 1 unspecified atom stereocenters. The van der Waals surface area contributed by atoms with Gasteiger partial charge in [-0.2, -0.15) is 0 Å². The number of methoxy groups -OCH3 is 1. The van der Waals surface area contributed by atoms with Gasteiger partial charge >= 0.3 is 0 Å². The van der Waals surface area contributed by atoms with E-state index in [-0.39, 0.29) is 11.9 Å². The Balaban J connectivity index is 1.38. The van der Waals surface area contributed by atoms with Crippen molar-refractivity contribution < 1.29 is 14.2 Å². The van der Waals surface area contributed by atoms with E-state index in [0.29, 0.717) is 19.0 Å². The lowest BCUT2D eigenvalue weighted by Crippen LogP contribution is -2.19. The lowest BCUT2D eigenvalue weighted by molar-refractivity contribution is 0.261. The second-order valence-corrected chi connectivity index (χ2v) is 9.53. The van der Waals surface area contributed by atoms with Gasteiger partial charge in [-0.1, -0.05) is 6.07 Å². The third kappa shape index (κ3) is 4.40. The number of anilines is 1. The molecular formula is C27H23N5O3S. The van der Waals surface area contributed by atoms with Gasteiger partial charge in [-0.25, -0.2) is 15.0 Å². The van der Waals surface area contributed by atoms with E-state index in [1.54, 1.807) is 30.8 Å². The second-order valence-electron chi connectivity index (χ2n) is 8.47. The molecule has 2 N–H and O–H groups in total. The summed E-state index contributed by atoms with van der Waals surface area (Å²) in [5, 5.41) is 1.00. The summed E-state index contributed by atoms with van der Waals surface area (Å²) in [6.45, 7) is 0.899. The van der Waals surface area contributed by atoms with Gasteiger partial charge in [-0.05, 0) is 60.5 Å². The molecule has 1 aliphatic heterocycles. The van der Waals surface area contributed by atoms with Gasteiger partial charge in [-0.15, -0.1) is 11.3 Å². The van der Waals surface area contributed by atoms with Crippen LogP contribution in [0.2, 0.25) is 0 Å². The molecule has 0 amide bonds. The fraction of sp³-hybridized carbons (Fsp3) is 0.185. The summed E-state index contributed by atoms with van der Waals surface area (Å²) < 4.78 is 18.7. The molecule has 180 valence electrons. The average molecular weight is 498 g/mol. The van der Waals surface area contributed by atoms with Crippen molar-refractivity contribution >= 4 is 27.5 Å². The van der Waals surface area contributed by atoms with Crippen LogP contribution < -0.4 is 19.9 Å². The minimum atomic E-state index is 0.129. The standard InChI is InChI=1S/C27H23N5O3S/c1-33-20-5-6-22-17(11-20)10-18(14-34-22)26-32-25-23(35-15-19-4-2-3-8-29-19)12-16(13-24(25)36-26)21-7-9-30-27(28)31-21/h2-9,11-13,18H,10,14-15H2,1H3,(H2,28,30,31). The topological polar surface area (TPSA) is 105 Å². The third-order valence-corrected chi connectivity index (χ3v) is 7.24. The third-order valence-electron chi connectivity index (χ3n) is 6.07. The summed E-state index contributed by atoms with van der Waals surface area (Å²) >= 11 is 1.64. The Morgan fingerprint density at radius 1 is 1.06 bits per heavy atom. The van der Waals surface area contributed by atoms with Gasteiger partial charge < -0.3 is 19.9 Å². The molecule has 4 heterocycles. The quantitative estimate of drug-likeness (QED) is 0.348. The molecule has 0 aliphatic carbocycles. The Labute approximate surface area is 211 Å². The average Bonchev–Trinajstić information content (AvgIpc) is 3.36. The molecule has 36 heavy (non-hydrogen) atoms. The van der Waals surface area contributed by atoms with E-state index in [4.69, 9.17) is 24.9 Å². The number of fused-ring (bicyclic) bond motifs is 2. The Morgan fingerprint density at radius 2 is 2.00 bits per heavy atom. The molecule has 0 saturated carbocycles. The molecule has 1 atom stereocenters. The van der Waals surface area contributed by atoms with Crippen molar-refractivity contribution in [1.82, 2.24) is 19.9 Å². The van der Waals surface area contributed by atoms with E-state index in [9.17, 15) is 0 Å². The Kier molecular flexibility index (Phi) is 5.82. The van der Waals surface area contributed by atoms with Crippen LogP contribution in [0.1, 0.15) is 22.2 Å². The van der Waals surface area contributed by atoms with Crippen molar-refractivity contribution in [2.24, 2.45) is 0 Å². The molecule has 3 aromatic heterocycles. The number of nitrogens with zero attached hydrogens (tertiary/aromatic N) is 4. The number of nitrogen functional groups attached to an aromatic ring is 1. The molecule has 6 rings (SSSR count). The van der Waals surface area contributed by atoms with Gasteiger partial charge in [0, 0.05) is 23.9 Å². The van der Waals surface area contributed by atoms with E-state index in [2.05, 4.69) is 21.0 Å². The fourth-order valence-corrected chi connectivity index (χ4v) is 5.38. The van der Waals surface area contributed by atoms with Crippen LogP contribution >= 0.6 is 11.3 Å². The van der Waals surface area contributed by atoms with Crippen LogP contribution in [-0.2, 0) is 13.0 Å². The number of rotatable bonds is 6. The Hall–Kier alpha value is -4.24. The fourth-order valence-electron chi connectivity index (χ4n) is 4.27. The first-order valence-corrected chi connectivity index (χ1v) is 12.3. The molecular weight excluding hydrogens is 474 g/mol. The monoisotopic (exact) mass is 497 g/mol. The van der Waals surface area contributed by atoms with Crippen molar-refractivity contribution in [3.8, 4) is 28.5 Å². The number of hydrogen-bond donors (Lipinski definition) is 1. The Bertz CT molecular complexity index is 1540. The Morgan fingerprint density at radius 3 is 2.83 bits per heavy atom. The predicted molar refractivity (Wildman–Crippen MR) is 139 cm³/mol. The number of benzene rings is 2. The van der Waals surface area contributed by atoms with Crippen LogP contribution in [0.25, 0.3) is 21.5 Å². The number of pyridine rings is 1. The normalized spacial score (nSPS) is 14.8. The van der Waals surface area contributed by atoms with Gasteiger partial charge in [0.15, 0.2) is 0 Å². The molecule has 1 aliphatic rings. The first-order valence-electron chi connectivity index (χ1n) is 11.5. The van der Waals surface area contributed by atoms with Gasteiger partial charge in [0.05, 0.1) is 29.8 Å². The first kappa shape index (κ1) is 22.2. The van der Waals surface area contributed by atoms with E-state index in [0.717, 1.165) is 55.7 Å². The van der Waals surface area contributed by atoms with Crippen molar-refractivity contribution in [2.75, 3.05) is 19.5 Å². The molecule has 0 spiro atoms. The van der Waals surface area contributed by atoms with Crippen LogP contribution in [0, 0.1) is 0 Å². The maximum atomic E-state index is 6.24. The van der Waals surface area contributed by atoms with Gasteiger partial charge in [0.25, 0.3) is 0 Å². The second kappa shape index (κ2) is 9.43. The SMILES string of the molecule is COc1ccc2c(c1)CC(c1nc3c(OCc4ccccn4)cc(-c4ccnc(N)n4)cc3s1)CO2. The minimum absolute atomic E-state index is 0.129. The highest BCUT2D eigenvalue weighted by atomic mass is 32.1. The lowest BCUT2D eigenvalue weighted by atomic mass is 9.97. The minimum Gasteiger partial charge on any atom is -0.497 e. The number of hydrogen-bond acceptors (Lipinski definition) is 9. The zero-order valence-electron chi connectivity index (χ0n) is 19.5. The van der Waals surface area contributed by atoms with Crippen LogP contribution in [0.5, 0.6) is 17.2 Å². The molecule has 0 fully saturated rings. The zero-order valence-corrected chi connectivity index (χ0v) is 20.4. The highest BCUT2D eigenvalue weighted by molar-refractivity contribution is 7.18. The summed E-state index contributed by atoms with van der Waals surface area (Å²) in [5.41, 5.74) is 10.2. The van der Waals surface area contributed by atoms with E-state index in [1.165, 1.54) is 0 Å². The van der Waals surface area contributed by atoms with E-state index >= 15 is 0 Å². The highest BCUT2D eigenvalue weighted by Gasteiger charge is 2.26. The van der Waals surface area contributed by atoms with Gasteiger partial charge in [0.1, 0.15) is 34.4 Å². The van der Waals surface area contributed by atoms with Crippen LogP contribution in [0.3, 0.4) is 0 Å². The predicted octanol–water partition coefficient (Wildman–Crippen LogP) is 5.04. The van der Waals surface area contributed by atoms with E-state index in [1.807, 2.05) is 48.5 Å². The van der Waals surface area contributed by atoms with Gasteiger partial charge in [-0.3, -0.25) is 4.98 Å². The summed E-state index contributed by atoms with van der Waals surface area (Å²) in [4.78, 5) is 17.8. The van der Waals surface area contributed by atoms with Crippen molar-refractivity contribution in [3.05, 3.63) is 83.3 Å². The summed E-state index contributed by atoms with van der Waals surface area (Å²) in [6.07, 6.45) is 4.23.